The summed E-state index contributed by atoms with van der Waals surface area (Å²) in [7, 11) is 0. The van der Waals surface area contributed by atoms with Gasteiger partial charge in [-0.3, -0.25) is 0 Å². The van der Waals surface area contributed by atoms with Crippen LogP contribution in [0.25, 0.3) is 33.4 Å². The van der Waals surface area contributed by atoms with E-state index in [0.29, 0.717) is 5.55 Å². The predicted molar refractivity (Wildman–Crippen MR) is 115 cm³/mol. The lowest BCUT2D eigenvalue weighted by Crippen LogP contribution is -2.06. The second-order valence-corrected chi connectivity index (χ2v) is 7.56. The molecule has 0 aliphatic rings. The number of imidazole rings is 1. The molecule has 0 amide bonds. The van der Waals surface area contributed by atoms with E-state index in [1.54, 1.807) is 0 Å². The Balaban J connectivity index is 1.83. The Labute approximate surface area is 169 Å². The van der Waals surface area contributed by atoms with Crippen LogP contribution in [0.15, 0.2) is 86.7 Å². The van der Waals surface area contributed by atoms with Crippen molar-refractivity contribution in [2.45, 2.75) is 6.92 Å². The molecular weight excluding hydrogens is 414 g/mol. The molecule has 0 aliphatic heterocycles. The van der Waals surface area contributed by atoms with Crippen molar-refractivity contribution in [2.24, 2.45) is 4.99 Å². The molecule has 0 unspecified atom stereocenters. The van der Waals surface area contributed by atoms with Crippen LogP contribution in [-0.2, 0) is 0 Å². The highest BCUT2D eigenvalue weighted by Gasteiger charge is 2.12. The molecule has 0 fully saturated rings. The molecule has 3 aromatic carbocycles. The fraction of sp³-hybridized carbons (Fsp3) is 0.0435. The van der Waals surface area contributed by atoms with Gasteiger partial charge in [-0.05, 0) is 55.0 Å². The van der Waals surface area contributed by atoms with Crippen molar-refractivity contribution in [3.8, 4) is 11.4 Å². The van der Waals surface area contributed by atoms with Gasteiger partial charge >= 0.3 is 0 Å². The zero-order valence-corrected chi connectivity index (χ0v) is 16.7. The third-order valence-electron chi connectivity index (χ3n) is 4.69. The lowest BCUT2D eigenvalue weighted by molar-refractivity contribution is 0.546. The van der Waals surface area contributed by atoms with Crippen LogP contribution in [0.4, 0.5) is 5.69 Å². The van der Waals surface area contributed by atoms with E-state index in [4.69, 9.17) is 14.4 Å². The van der Waals surface area contributed by atoms with Crippen LogP contribution in [0.3, 0.4) is 0 Å². The second kappa shape index (κ2) is 6.77. The maximum Gasteiger partial charge on any atom is 0.230 e. The van der Waals surface area contributed by atoms with Crippen LogP contribution in [0.1, 0.15) is 5.56 Å². The molecule has 0 spiro atoms. The van der Waals surface area contributed by atoms with Crippen LogP contribution in [-0.4, -0.2) is 9.97 Å². The van der Waals surface area contributed by atoms with Crippen molar-refractivity contribution in [1.29, 1.82) is 0 Å². The van der Waals surface area contributed by atoms with Gasteiger partial charge in [-0.2, -0.15) is 0 Å². The van der Waals surface area contributed by atoms with E-state index in [9.17, 15) is 0 Å². The fourth-order valence-corrected chi connectivity index (χ4v) is 3.61. The minimum absolute atomic E-state index is 0.531. The lowest BCUT2D eigenvalue weighted by atomic mass is 10.1. The van der Waals surface area contributed by atoms with E-state index >= 15 is 0 Å². The quantitative estimate of drug-likeness (QED) is 0.358. The average molecular weight is 430 g/mol. The normalized spacial score (nSPS) is 12.1. The molecular formula is C23H16BrN3O. The minimum atomic E-state index is 0.531. The molecule has 0 saturated heterocycles. The molecule has 0 atom stereocenters. The first-order valence-corrected chi connectivity index (χ1v) is 9.75. The minimum Gasteiger partial charge on any atom is -0.438 e. The number of hydrogen-bond acceptors (Lipinski definition) is 3. The van der Waals surface area contributed by atoms with Gasteiger partial charge in [-0.1, -0.05) is 46.3 Å². The molecule has 136 valence electrons. The van der Waals surface area contributed by atoms with Gasteiger partial charge < -0.3 is 9.40 Å². The molecule has 0 saturated carbocycles. The Morgan fingerprint density at radius 1 is 0.964 bits per heavy atom. The molecule has 28 heavy (non-hydrogen) atoms. The summed E-state index contributed by atoms with van der Waals surface area (Å²) in [4.78, 5) is 13.0. The van der Waals surface area contributed by atoms with E-state index in [1.165, 1.54) is 0 Å². The number of aryl methyl sites for hydroxylation is 1. The monoisotopic (exact) mass is 429 g/mol. The van der Waals surface area contributed by atoms with Crippen molar-refractivity contribution >= 4 is 43.6 Å². The first kappa shape index (κ1) is 17.0. The number of hydrogen-bond donors (Lipinski definition) is 1. The van der Waals surface area contributed by atoms with Gasteiger partial charge in [0, 0.05) is 9.86 Å². The number of para-hydroxylation sites is 3. The van der Waals surface area contributed by atoms with Gasteiger partial charge in [-0.25, -0.2) is 9.98 Å². The van der Waals surface area contributed by atoms with Gasteiger partial charge in [0.1, 0.15) is 11.4 Å². The summed E-state index contributed by atoms with van der Waals surface area (Å²) in [6, 6.07) is 24.0. The number of rotatable bonds is 2. The molecule has 4 nitrogen and oxygen atoms in total. The predicted octanol–water partition coefficient (Wildman–Crippen LogP) is 6.28. The summed E-state index contributed by atoms with van der Waals surface area (Å²) < 4.78 is 7.20. The Kier molecular flexibility index (Phi) is 4.10. The highest BCUT2D eigenvalue weighted by molar-refractivity contribution is 9.10. The fourth-order valence-electron chi connectivity index (χ4n) is 3.23. The SMILES string of the molecule is Cc1ccccc1N=c1oc2ccc(Br)cc2cc1-c1nc2ccccc2[nH]1. The van der Waals surface area contributed by atoms with Crippen molar-refractivity contribution < 1.29 is 4.42 Å². The number of aromatic nitrogens is 2. The maximum atomic E-state index is 6.21. The molecule has 2 aromatic heterocycles. The number of benzene rings is 3. The van der Waals surface area contributed by atoms with Gasteiger partial charge in [0.2, 0.25) is 5.55 Å². The number of aromatic amines is 1. The zero-order valence-electron chi connectivity index (χ0n) is 15.1. The van der Waals surface area contributed by atoms with Crippen molar-refractivity contribution in [1.82, 2.24) is 9.97 Å². The van der Waals surface area contributed by atoms with Gasteiger partial charge in [0.25, 0.3) is 0 Å². The molecule has 5 rings (SSSR count). The smallest absolute Gasteiger partial charge is 0.230 e. The van der Waals surface area contributed by atoms with Crippen LogP contribution in [0.2, 0.25) is 0 Å². The van der Waals surface area contributed by atoms with E-state index in [2.05, 4.69) is 27.0 Å². The summed E-state index contributed by atoms with van der Waals surface area (Å²) in [6.45, 7) is 2.04. The average Bonchev–Trinajstić information content (AvgIpc) is 3.13. The number of fused-ring (bicyclic) bond motifs is 2. The third-order valence-corrected chi connectivity index (χ3v) is 5.18. The molecule has 0 radical (unpaired) electrons. The standard InChI is InChI=1S/C23H16BrN3O/c1-14-6-2-3-7-18(14)27-23-17(13-15-12-16(24)10-11-21(15)28-23)22-25-19-8-4-5-9-20(19)26-22/h2-13H,1H3,(H,25,26). The summed E-state index contributed by atoms with van der Waals surface area (Å²) in [5.41, 5.74) is 5.98. The van der Waals surface area contributed by atoms with E-state index in [1.807, 2.05) is 73.7 Å². The van der Waals surface area contributed by atoms with Gasteiger partial charge in [0.15, 0.2) is 0 Å². The van der Waals surface area contributed by atoms with Crippen molar-refractivity contribution in [3.63, 3.8) is 0 Å². The molecule has 0 bridgehead atoms. The van der Waals surface area contributed by atoms with Gasteiger partial charge in [0.05, 0.1) is 22.3 Å². The Morgan fingerprint density at radius 2 is 1.79 bits per heavy atom. The number of nitrogens with zero attached hydrogens (tertiary/aromatic N) is 2. The Bertz CT molecular complexity index is 1370. The number of H-pyrrole nitrogens is 1. The second-order valence-electron chi connectivity index (χ2n) is 6.65. The molecule has 1 N–H and O–H groups in total. The highest BCUT2D eigenvalue weighted by atomic mass is 79.9. The van der Waals surface area contributed by atoms with E-state index in [-0.39, 0.29) is 0 Å². The van der Waals surface area contributed by atoms with Crippen LogP contribution in [0, 0.1) is 6.92 Å². The Hall–Kier alpha value is -3.18. The molecule has 2 heterocycles. The van der Waals surface area contributed by atoms with Gasteiger partial charge in [-0.15, -0.1) is 0 Å². The summed E-state index contributed by atoms with van der Waals surface area (Å²) in [5.74, 6) is 0.735. The summed E-state index contributed by atoms with van der Waals surface area (Å²) in [5, 5.41) is 0.980. The van der Waals surface area contributed by atoms with Crippen LogP contribution in [0.5, 0.6) is 0 Å². The maximum absolute atomic E-state index is 6.21. The number of halogens is 1. The zero-order chi connectivity index (χ0) is 19.1. The summed E-state index contributed by atoms with van der Waals surface area (Å²) in [6.07, 6.45) is 0. The first-order valence-electron chi connectivity index (χ1n) is 8.96. The lowest BCUT2D eigenvalue weighted by Gasteiger charge is -2.04. The topological polar surface area (TPSA) is 54.2 Å². The Morgan fingerprint density at radius 3 is 2.64 bits per heavy atom. The highest BCUT2D eigenvalue weighted by Crippen LogP contribution is 2.25. The number of nitrogens with one attached hydrogen (secondary N) is 1. The van der Waals surface area contributed by atoms with Crippen molar-refractivity contribution in [3.05, 3.63) is 88.4 Å². The van der Waals surface area contributed by atoms with Crippen molar-refractivity contribution in [2.75, 3.05) is 0 Å². The molecule has 5 aromatic rings. The summed E-state index contributed by atoms with van der Waals surface area (Å²) >= 11 is 3.53. The van der Waals surface area contributed by atoms with E-state index in [0.717, 1.165) is 49.1 Å². The van der Waals surface area contributed by atoms with Crippen LogP contribution < -0.4 is 5.55 Å². The van der Waals surface area contributed by atoms with E-state index < -0.39 is 0 Å². The molecule has 0 aliphatic carbocycles. The molecule has 5 heteroatoms. The van der Waals surface area contributed by atoms with Crippen LogP contribution >= 0.6 is 15.9 Å². The first-order chi connectivity index (χ1) is 13.7. The third kappa shape index (κ3) is 3.04. The largest absolute Gasteiger partial charge is 0.438 e.